The van der Waals surface area contributed by atoms with Gasteiger partial charge in [-0.2, -0.15) is 5.10 Å². The van der Waals surface area contributed by atoms with Crippen LogP contribution < -0.4 is 10.1 Å². The Kier molecular flexibility index (Phi) is 6.16. The molecule has 0 fully saturated rings. The van der Waals surface area contributed by atoms with E-state index in [4.69, 9.17) is 4.74 Å². The molecule has 3 aromatic carbocycles. The molecule has 1 amide bonds. The van der Waals surface area contributed by atoms with Crippen molar-refractivity contribution in [1.29, 1.82) is 0 Å². The minimum absolute atomic E-state index is 0.302. The molecule has 2 N–H and O–H groups in total. The Morgan fingerprint density at radius 1 is 1.09 bits per heavy atom. The van der Waals surface area contributed by atoms with E-state index in [0.29, 0.717) is 5.75 Å². The Bertz CT molecular complexity index is 1250. The summed E-state index contributed by atoms with van der Waals surface area (Å²) in [6.07, 6.45) is 1.24. The number of halogens is 1. The molecule has 4 aromatic rings. The molecule has 0 radical (unpaired) electrons. The molecule has 0 saturated heterocycles. The Morgan fingerprint density at radius 2 is 1.79 bits per heavy atom. The Hall–Kier alpha value is -3.71. The second kappa shape index (κ2) is 9.03. The van der Waals surface area contributed by atoms with Gasteiger partial charge in [0.1, 0.15) is 23.3 Å². The largest absolute Gasteiger partial charge is 0.484 e. The third-order valence-electron chi connectivity index (χ3n) is 5.37. The number of carbonyl (C=O) groups excluding carboxylic acids is 1. The number of nitrogens with one attached hydrogen (secondary N) is 1. The predicted octanol–water partition coefficient (Wildman–Crippen LogP) is 4.56. The Morgan fingerprint density at radius 3 is 2.45 bits per heavy atom. The van der Waals surface area contributed by atoms with Gasteiger partial charge in [0.05, 0.1) is 23.4 Å². The lowest BCUT2D eigenvalue weighted by molar-refractivity contribution is -0.137. The summed E-state index contributed by atoms with van der Waals surface area (Å²) in [6, 6.07) is 20.9. The van der Waals surface area contributed by atoms with Crippen LogP contribution in [0.2, 0.25) is 0 Å². The number of nitrogens with zero attached hydrogens (tertiary/aromatic N) is 2. The van der Waals surface area contributed by atoms with Crippen molar-refractivity contribution in [1.82, 2.24) is 15.1 Å². The van der Waals surface area contributed by atoms with Crippen molar-refractivity contribution in [2.45, 2.75) is 38.5 Å². The van der Waals surface area contributed by atoms with Crippen LogP contribution in [0.4, 0.5) is 4.39 Å². The number of amides is 1. The zero-order valence-electron chi connectivity index (χ0n) is 18.7. The average Bonchev–Trinajstić information content (AvgIpc) is 3.21. The smallest absolute Gasteiger partial charge is 0.251 e. The molecular weight excluding hydrogens is 421 g/mol. The van der Waals surface area contributed by atoms with Crippen molar-refractivity contribution in [3.8, 4) is 11.4 Å². The van der Waals surface area contributed by atoms with Crippen LogP contribution >= 0.6 is 0 Å². The van der Waals surface area contributed by atoms with Gasteiger partial charge in [-0.05, 0) is 68.8 Å². The van der Waals surface area contributed by atoms with Gasteiger partial charge < -0.3 is 15.2 Å². The molecule has 7 heteroatoms. The van der Waals surface area contributed by atoms with Crippen molar-refractivity contribution in [3.05, 3.63) is 90.4 Å². The summed E-state index contributed by atoms with van der Waals surface area (Å²) >= 11 is 0. The number of aliphatic hydroxyl groups is 1. The third-order valence-corrected chi connectivity index (χ3v) is 5.37. The van der Waals surface area contributed by atoms with E-state index >= 15 is 0 Å². The predicted molar refractivity (Wildman–Crippen MR) is 125 cm³/mol. The lowest BCUT2D eigenvalue weighted by Crippen LogP contribution is -2.48. The van der Waals surface area contributed by atoms with Crippen LogP contribution in [-0.2, 0) is 4.79 Å². The second-order valence-electron chi connectivity index (χ2n) is 8.52. The van der Waals surface area contributed by atoms with E-state index in [1.165, 1.54) is 26.0 Å². The molecule has 0 aliphatic carbocycles. The van der Waals surface area contributed by atoms with Crippen LogP contribution in [-0.4, -0.2) is 32.4 Å². The second-order valence-corrected chi connectivity index (χ2v) is 8.52. The van der Waals surface area contributed by atoms with E-state index in [9.17, 15) is 14.3 Å². The van der Waals surface area contributed by atoms with Crippen LogP contribution in [0.5, 0.6) is 5.75 Å². The van der Waals surface area contributed by atoms with Crippen LogP contribution in [0.25, 0.3) is 16.6 Å². The number of aromatic nitrogens is 2. The van der Waals surface area contributed by atoms with E-state index in [-0.39, 0.29) is 5.82 Å². The minimum atomic E-state index is -1.50. The zero-order valence-corrected chi connectivity index (χ0v) is 18.7. The maximum atomic E-state index is 13.3. The number of rotatable bonds is 7. The molecule has 33 heavy (non-hydrogen) atoms. The van der Waals surface area contributed by atoms with Gasteiger partial charge in [-0.1, -0.05) is 30.3 Å². The van der Waals surface area contributed by atoms with Crippen LogP contribution in [0.15, 0.2) is 79.0 Å². The quantitative estimate of drug-likeness (QED) is 0.436. The maximum Gasteiger partial charge on any atom is 0.251 e. The van der Waals surface area contributed by atoms with Gasteiger partial charge in [0.2, 0.25) is 0 Å². The summed E-state index contributed by atoms with van der Waals surface area (Å²) in [4.78, 5) is 12.3. The lowest BCUT2D eigenvalue weighted by Gasteiger charge is -2.28. The summed E-state index contributed by atoms with van der Waals surface area (Å²) in [7, 11) is 0. The highest BCUT2D eigenvalue weighted by Crippen LogP contribution is 2.29. The molecule has 2 atom stereocenters. The van der Waals surface area contributed by atoms with Gasteiger partial charge in [0, 0.05) is 5.39 Å². The molecule has 0 spiro atoms. The number of hydrogen-bond donors (Lipinski definition) is 2. The van der Waals surface area contributed by atoms with E-state index in [2.05, 4.69) is 10.4 Å². The zero-order chi connectivity index (χ0) is 23.6. The molecule has 6 nitrogen and oxygen atoms in total. The Labute approximate surface area is 191 Å². The molecule has 1 aromatic heterocycles. The first kappa shape index (κ1) is 22.5. The van der Waals surface area contributed by atoms with Crippen LogP contribution in [0.1, 0.15) is 32.4 Å². The van der Waals surface area contributed by atoms with Crippen molar-refractivity contribution >= 4 is 16.8 Å². The third kappa shape index (κ3) is 5.04. The van der Waals surface area contributed by atoms with Crippen molar-refractivity contribution < 1.29 is 19.0 Å². The molecule has 1 heterocycles. The summed E-state index contributed by atoms with van der Waals surface area (Å²) in [5, 5.41) is 18.2. The molecular formula is C26H26FN3O3. The highest BCUT2D eigenvalue weighted by atomic mass is 19.1. The first-order chi connectivity index (χ1) is 15.7. The molecule has 0 aliphatic heterocycles. The van der Waals surface area contributed by atoms with Gasteiger partial charge in [0.25, 0.3) is 5.91 Å². The van der Waals surface area contributed by atoms with E-state index in [1.807, 2.05) is 55.5 Å². The van der Waals surface area contributed by atoms with Crippen molar-refractivity contribution in [2.24, 2.45) is 0 Å². The van der Waals surface area contributed by atoms with Gasteiger partial charge in [-0.25, -0.2) is 9.07 Å². The fraction of sp³-hybridized carbons (Fsp3) is 0.231. The molecule has 0 unspecified atom stereocenters. The summed E-state index contributed by atoms with van der Waals surface area (Å²) in [6.45, 7) is 4.73. The van der Waals surface area contributed by atoms with Gasteiger partial charge in [0.15, 0.2) is 0 Å². The fourth-order valence-corrected chi connectivity index (χ4v) is 3.58. The van der Waals surface area contributed by atoms with E-state index < -0.39 is 23.7 Å². The standard InChI is InChI=1S/C26H26FN3O3/c1-17(29-25(31)26(2,3)32)24(18-7-5-4-6-8-18)33-22-13-14-23-19(15-22)16-28-30(23)21-11-9-20(27)10-12-21/h4-17,24,32H,1-3H3,(H,29,31)/t17-,24+/m0/s1. The van der Waals surface area contributed by atoms with Crippen LogP contribution in [0.3, 0.4) is 0 Å². The SMILES string of the molecule is C[C@H](NC(=O)C(C)(C)O)[C@@H](Oc1ccc2c(cnn2-c2ccc(F)cc2)c1)c1ccccc1. The monoisotopic (exact) mass is 447 g/mol. The number of carbonyl (C=O) groups is 1. The first-order valence-corrected chi connectivity index (χ1v) is 10.7. The lowest BCUT2D eigenvalue weighted by atomic mass is 10.0. The average molecular weight is 448 g/mol. The van der Waals surface area contributed by atoms with Crippen molar-refractivity contribution in [3.63, 3.8) is 0 Å². The molecule has 0 aliphatic rings. The number of benzene rings is 3. The van der Waals surface area contributed by atoms with E-state index in [1.54, 1.807) is 23.0 Å². The molecule has 0 saturated carbocycles. The fourth-order valence-electron chi connectivity index (χ4n) is 3.58. The van der Waals surface area contributed by atoms with Gasteiger partial charge in [-0.3, -0.25) is 4.79 Å². The van der Waals surface area contributed by atoms with Gasteiger partial charge in [-0.15, -0.1) is 0 Å². The van der Waals surface area contributed by atoms with E-state index in [0.717, 1.165) is 22.2 Å². The number of ether oxygens (including phenoxy) is 1. The van der Waals surface area contributed by atoms with Crippen LogP contribution in [0, 0.1) is 5.82 Å². The highest BCUT2D eigenvalue weighted by molar-refractivity contribution is 5.84. The van der Waals surface area contributed by atoms with Crippen molar-refractivity contribution in [2.75, 3.05) is 0 Å². The summed E-state index contributed by atoms with van der Waals surface area (Å²) in [5.41, 5.74) is 1.01. The number of fused-ring (bicyclic) bond motifs is 1. The summed E-state index contributed by atoms with van der Waals surface area (Å²) in [5.74, 6) is -0.168. The molecule has 170 valence electrons. The topological polar surface area (TPSA) is 76.4 Å². The molecule has 0 bridgehead atoms. The highest BCUT2D eigenvalue weighted by Gasteiger charge is 2.29. The Balaban J connectivity index is 1.62. The maximum absolute atomic E-state index is 13.3. The molecule has 4 rings (SSSR count). The number of hydrogen-bond acceptors (Lipinski definition) is 4. The minimum Gasteiger partial charge on any atom is -0.484 e. The first-order valence-electron chi connectivity index (χ1n) is 10.7. The van der Waals surface area contributed by atoms with Gasteiger partial charge >= 0.3 is 0 Å². The normalized spacial score (nSPS) is 13.5. The summed E-state index contributed by atoms with van der Waals surface area (Å²) < 4.78 is 21.3.